The minimum Gasteiger partial charge on any atom is -0.369 e. The van der Waals surface area contributed by atoms with Gasteiger partial charge in [0, 0.05) is 56.1 Å². The summed E-state index contributed by atoms with van der Waals surface area (Å²) in [5, 5.41) is 1.07. The fourth-order valence-electron chi connectivity index (χ4n) is 1.90. The highest BCUT2D eigenvalue weighted by molar-refractivity contribution is 9.09. The first-order valence-electron chi connectivity index (χ1n) is 5.33. The highest BCUT2D eigenvalue weighted by Crippen LogP contribution is 2.14. The molecular weight excluding hydrogens is 254 g/mol. The van der Waals surface area contributed by atoms with Crippen LogP contribution in [0.5, 0.6) is 0 Å². The van der Waals surface area contributed by atoms with Crippen LogP contribution in [0.25, 0.3) is 0 Å². The van der Waals surface area contributed by atoms with Gasteiger partial charge in [-0.15, -0.1) is 0 Å². The van der Waals surface area contributed by atoms with Gasteiger partial charge in [0.05, 0.1) is 0 Å². The van der Waals surface area contributed by atoms with Gasteiger partial charge in [-0.05, 0) is 12.1 Å². The largest absolute Gasteiger partial charge is 0.369 e. The minimum atomic E-state index is 1.07. The Morgan fingerprint density at radius 3 is 2.40 bits per heavy atom. The lowest BCUT2D eigenvalue weighted by atomic mass is 10.2. The third-order valence-corrected chi connectivity index (χ3v) is 3.16. The normalized spacial score (nSPS) is 18.1. The quantitative estimate of drug-likeness (QED) is 0.778. The Hall–Kier alpha value is -0.610. The summed E-state index contributed by atoms with van der Waals surface area (Å²) in [5.74, 6) is 0. The van der Waals surface area contributed by atoms with Crippen LogP contribution in [0.15, 0.2) is 24.5 Å². The summed E-state index contributed by atoms with van der Waals surface area (Å²) in [6.45, 7) is 5.72. The molecule has 2 heterocycles. The Labute approximate surface area is 99.2 Å². The topological polar surface area (TPSA) is 19.4 Å². The number of nitrogens with zero attached hydrogens (tertiary/aromatic N) is 3. The van der Waals surface area contributed by atoms with E-state index in [1.807, 2.05) is 12.4 Å². The second-order valence-electron chi connectivity index (χ2n) is 3.72. The van der Waals surface area contributed by atoms with E-state index < -0.39 is 0 Å². The van der Waals surface area contributed by atoms with Crippen LogP contribution in [-0.2, 0) is 0 Å². The molecule has 4 heteroatoms. The lowest BCUT2D eigenvalue weighted by molar-refractivity contribution is 0.274. The maximum atomic E-state index is 4.04. The Morgan fingerprint density at radius 2 is 1.80 bits per heavy atom. The average Bonchev–Trinajstić information content (AvgIpc) is 2.32. The van der Waals surface area contributed by atoms with Gasteiger partial charge in [0.25, 0.3) is 0 Å². The van der Waals surface area contributed by atoms with Gasteiger partial charge < -0.3 is 4.90 Å². The lowest BCUT2D eigenvalue weighted by Gasteiger charge is -2.35. The summed E-state index contributed by atoms with van der Waals surface area (Å²) in [4.78, 5) is 8.96. The van der Waals surface area contributed by atoms with Gasteiger partial charge in [-0.1, -0.05) is 15.9 Å². The van der Waals surface area contributed by atoms with E-state index in [0.717, 1.165) is 38.1 Å². The van der Waals surface area contributed by atoms with E-state index in [0.29, 0.717) is 0 Å². The van der Waals surface area contributed by atoms with Crippen molar-refractivity contribution >= 4 is 21.6 Å². The molecule has 1 aliphatic heterocycles. The van der Waals surface area contributed by atoms with Crippen molar-refractivity contribution in [1.29, 1.82) is 0 Å². The molecule has 1 aliphatic rings. The molecule has 0 atom stereocenters. The molecule has 0 N–H and O–H groups in total. The maximum absolute atomic E-state index is 4.04. The van der Waals surface area contributed by atoms with E-state index >= 15 is 0 Å². The average molecular weight is 270 g/mol. The zero-order chi connectivity index (χ0) is 10.5. The SMILES string of the molecule is BrCCN1CCN(c2ccncc2)CC1. The number of pyridine rings is 1. The molecule has 0 amide bonds. The molecule has 0 aliphatic carbocycles. The Bertz CT molecular complexity index is 283. The van der Waals surface area contributed by atoms with Crippen molar-refractivity contribution in [3.63, 3.8) is 0 Å². The molecule has 0 bridgehead atoms. The van der Waals surface area contributed by atoms with Crippen molar-refractivity contribution in [1.82, 2.24) is 9.88 Å². The molecule has 1 fully saturated rings. The third kappa shape index (κ3) is 2.92. The lowest BCUT2D eigenvalue weighted by Crippen LogP contribution is -2.46. The summed E-state index contributed by atoms with van der Waals surface area (Å²) in [5.41, 5.74) is 1.29. The van der Waals surface area contributed by atoms with Gasteiger partial charge in [0.15, 0.2) is 0 Å². The molecule has 0 unspecified atom stereocenters. The highest BCUT2D eigenvalue weighted by atomic mass is 79.9. The summed E-state index contributed by atoms with van der Waals surface area (Å²) < 4.78 is 0. The maximum Gasteiger partial charge on any atom is 0.0397 e. The van der Waals surface area contributed by atoms with Crippen molar-refractivity contribution in [2.24, 2.45) is 0 Å². The zero-order valence-corrected chi connectivity index (χ0v) is 10.4. The molecule has 1 saturated heterocycles. The second-order valence-corrected chi connectivity index (χ2v) is 4.52. The van der Waals surface area contributed by atoms with Crippen molar-refractivity contribution in [2.45, 2.75) is 0 Å². The number of halogens is 1. The number of aromatic nitrogens is 1. The van der Waals surface area contributed by atoms with Crippen LogP contribution in [-0.4, -0.2) is 47.9 Å². The molecular formula is C11H16BrN3. The fraction of sp³-hybridized carbons (Fsp3) is 0.545. The molecule has 0 spiro atoms. The fourth-order valence-corrected chi connectivity index (χ4v) is 2.41. The summed E-state index contributed by atoms with van der Waals surface area (Å²) in [7, 11) is 0. The number of hydrogen-bond donors (Lipinski definition) is 0. The highest BCUT2D eigenvalue weighted by Gasteiger charge is 2.15. The van der Waals surface area contributed by atoms with Gasteiger partial charge in [-0.3, -0.25) is 9.88 Å². The van der Waals surface area contributed by atoms with Crippen LogP contribution in [0.3, 0.4) is 0 Å². The molecule has 1 aromatic rings. The van der Waals surface area contributed by atoms with E-state index in [4.69, 9.17) is 0 Å². The number of piperazine rings is 1. The van der Waals surface area contributed by atoms with Crippen molar-refractivity contribution in [3.8, 4) is 0 Å². The first-order valence-corrected chi connectivity index (χ1v) is 6.45. The summed E-state index contributed by atoms with van der Waals surface area (Å²) >= 11 is 3.48. The van der Waals surface area contributed by atoms with E-state index in [1.54, 1.807) is 0 Å². The van der Waals surface area contributed by atoms with Gasteiger partial charge in [-0.25, -0.2) is 0 Å². The Morgan fingerprint density at radius 1 is 1.13 bits per heavy atom. The van der Waals surface area contributed by atoms with Gasteiger partial charge in [-0.2, -0.15) is 0 Å². The molecule has 2 rings (SSSR count). The smallest absolute Gasteiger partial charge is 0.0397 e. The predicted molar refractivity (Wildman–Crippen MR) is 66.7 cm³/mol. The first-order chi connectivity index (χ1) is 7.40. The van der Waals surface area contributed by atoms with E-state index in [1.165, 1.54) is 5.69 Å². The van der Waals surface area contributed by atoms with E-state index in [-0.39, 0.29) is 0 Å². The zero-order valence-electron chi connectivity index (χ0n) is 8.77. The molecule has 15 heavy (non-hydrogen) atoms. The molecule has 3 nitrogen and oxygen atoms in total. The molecule has 82 valence electrons. The van der Waals surface area contributed by atoms with Crippen LogP contribution >= 0.6 is 15.9 Å². The standard InChI is InChI=1S/C11H16BrN3/c12-3-6-14-7-9-15(10-8-14)11-1-4-13-5-2-11/h1-2,4-5H,3,6-10H2. The van der Waals surface area contributed by atoms with Gasteiger partial charge >= 0.3 is 0 Å². The van der Waals surface area contributed by atoms with Gasteiger partial charge in [0.2, 0.25) is 0 Å². The first kappa shape index (κ1) is 10.9. The van der Waals surface area contributed by atoms with Crippen LogP contribution in [0, 0.1) is 0 Å². The van der Waals surface area contributed by atoms with E-state index in [2.05, 4.69) is 42.8 Å². The van der Waals surface area contributed by atoms with Crippen molar-refractivity contribution < 1.29 is 0 Å². The predicted octanol–water partition coefficient (Wildman–Crippen LogP) is 1.60. The molecule has 1 aromatic heterocycles. The van der Waals surface area contributed by atoms with Crippen LogP contribution < -0.4 is 4.90 Å². The number of hydrogen-bond acceptors (Lipinski definition) is 3. The van der Waals surface area contributed by atoms with Crippen LogP contribution in [0.2, 0.25) is 0 Å². The molecule has 0 aromatic carbocycles. The second kappa shape index (κ2) is 5.47. The summed E-state index contributed by atoms with van der Waals surface area (Å²) in [6, 6.07) is 4.17. The number of anilines is 1. The van der Waals surface area contributed by atoms with Crippen LogP contribution in [0.1, 0.15) is 0 Å². The van der Waals surface area contributed by atoms with Gasteiger partial charge in [0.1, 0.15) is 0 Å². The Kier molecular flexibility index (Phi) is 3.97. The number of rotatable bonds is 3. The molecule has 0 radical (unpaired) electrons. The monoisotopic (exact) mass is 269 g/mol. The van der Waals surface area contributed by atoms with Crippen LogP contribution in [0.4, 0.5) is 5.69 Å². The summed E-state index contributed by atoms with van der Waals surface area (Å²) in [6.07, 6.45) is 3.72. The van der Waals surface area contributed by atoms with Crippen molar-refractivity contribution in [2.75, 3.05) is 43.0 Å². The Balaban J connectivity index is 1.88. The number of alkyl halides is 1. The third-order valence-electron chi connectivity index (χ3n) is 2.80. The molecule has 0 saturated carbocycles. The minimum absolute atomic E-state index is 1.07. The van der Waals surface area contributed by atoms with E-state index in [9.17, 15) is 0 Å². The van der Waals surface area contributed by atoms with Crippen molar-refractivity contribution in [3.05, 3.63) is 24.5 Å².